The molecule has 1 saturated carbocycles. The molecule has 30 heavy (non-hydrogen) atoms. The standard InChI is InChI=1S/C25H38N2O2S/c1-3-5-6-8-20-10-12-21(13-11-20)9-7-19-29-25-27-26-24(30-25)22-14-16-23(17-15-22)28-18-4-2/h14-17,20-21H,3-13,18-19H2,1-2H3/t20-,21-. The van der Waals surface area contributed by atoms with Crippen molar-refractivity contribution in [1.29, 1.82) is 0 Å². The third kappa shape index (κ3) is 7.57. The second kappa shape index (κ2) is 12.9. The highest BCUT2D eigenvalue weighted by Crippen LogP contribution is 2.34. The Hall–Kier alpha value is -1.62. The summed E-state index contributed by atoms with van der Waals surface area (Å²) in [6.07, 6.45) is 14.8. The van der Waals surface area contributed by atoms with E-state index in [-0.39, 0.29) is 0 Å². The van der Waals surface area contributed by atoms with E-state index in [0.29, 0.717) is 5.19 Å². The Kier molecular flexibility index (Phi) is 9.94. The zero-order valence-electron chi connectivity index (χ0n) is 18.8. The summed E-state index contributed by atoms with van der Waals surface area (Å²) in [4.78, 5) is 0. The van der Waals surface area contributed by atoms with Gasteiger partial charge >= 0.3 is 0 Å². The Morgan fingerprint density at radius 2 is 1.50 bits per heavy atom. The lowest BCUT2D eigenvalue weighted by Crippen LogP contribution is -2.15. The number of hydrogen-bond acceptors (Lipinski definition) is 5. The molecule has 5 heteroatoms. The molecule has 3 rings (SSSR count). The monoisotopic (exact) mass is 430 g/mol. The topological polar surface area (TPSA) is 44.2 Å². The molecule has 0 unspecified atom stereocenters. The first kappa shape index (κ1) is 23.1. The van der Waals surface area contributed by atoms with Gasteiger partial charge in [0.1, 0.15) is 5.75 Å². The smallest absolute Gasteiger partial charge is 0.294 e. The van der Waals surface area contributed by atoms with Gasteiger partial charge < -0.3 is 9.47 Å². The van der Waals surface area contributed by atoms with Gasteiger partial charge in [-0.05, 0) is 55.4 Å². The molecule has 0 amide bonds. The SMILES string of the molecule is CCCCC[C@H]1CC[C@H](CCCOc2nnc(-c3ccc(OCCC)cc3)s2)CC1. The first-order valence-corrected chi connectivity index (χ1v) is 12.8. The van der Waals surface area contributed by atoms with Gasteiger partial charge in [0.15, 0.2) is 5.01 Å². The third-order valence-corrected chi connectivity index (χ3v) is 7.03. The summed E-state index contributed by atoms with van der Waals surface area (Å²) < 4.78 is 11.5. The van der Waals surface area contributed by atoms with Crippen molar-refractivity contribution in [2.24, 2.45) is 11.8 Å². The molecule has 1 aromatic carbocycles. The number of ether oxygens (including phenoxy) is 2. The van der Waals surface area contributed by atoms with Crippen molar-refractivity contribution in [2.75, 3.05) is 13.2 Å². The zero-order chi connectivity index (χ0) is 21.0. The molecule has 1 aromatic heterocycles. The van der Waals surface area contributed by atoms with Crippen LogP contribution in [0, 0.1) is 11.8 Å². The molecule has 1 fully saturated rings. The van der Waals surface area contributed by atoms with Gasteiger partial charge in [-0.3, -0.25) is 0 Å². The van der Waals surface area contributed by atoms with E-state index in [9.17, 15) is 0 Å². The minimum atomic E-state index is 0.677. The number of rotatable bonds is 13. The van der Waals surface area contributed by atoms with E-state index in [1.165, 1.54) is 69.1 Å². The molecular formula is C25H38N2O2S. The van der Waals surface area contributed by atoms with Crippen molar-refractivity contribution in [2.45, 2.75) is 84.5 Å². The molecule has 1 aliphatic rings. The van der Waals surface area contributed by atoms with Gasteiger partial charge in [0, 0.05) is 5.56 Å². The van der Waals surface area contributed by atoms with Crippen LogP contribution in [0.3, 0.4) is 0 Å². The molecule has 0 N–H and O–H groups in total. The maximum atomic E-state index is 5.88. The maximum absolute atomic E-state index is 5.88. The summed E-state index contributed by atoms with van der Waals surface area (Å²) in [5.41, 5.74) is 1.06. The highest BCUT2D eigenvalue weighted by Gasteiger charge is 2.20. The van der Waals surface area contributed by atoms with Crippen LogP contribution in [0.2, 0.25) is 0 Å². The van der Waals surface area contributed by atoms with Crippen molar-refractivity contribution in [3.8, 4) is 21.5 Å². The quantitative estimate of drug-likeness (QED) is 0.308. The van der Waals surface area contributed by atoms with E-state index >= 15 is 0 Å². The van der Waals surface area contributed by atoms with Crippen LogP contribution in [0.15, 0.2) is 24.3 Å². The van der Waals surface area contributed by atoms with Crippen LogP contribution < -0.4 is 9.47 Å². The number of aromatic nitrogens is 2. The zero-order valence-corrected chi connectivity index (χ0v) is 19.6. The lowest BCUT2D eigenvalue weighted by atomic mass is 9.78. The van der Waals surface area contributed by atoms with E-state index < -0.39 is 0 Å². The van der Waals surface area contributed by atoms with Crippen molar-refractivity contribution in [3.63, 3.8) is 0 Å². The van der Waals surface area contributed by atoms with E-state index in [0.717, 1.165) is 54.2 Å². The fraction of sp³-hybridized carbons (Fsp3) is 0.680. The molecule has 0 bridgehead atoms. The number of unbranched alkanes of at least 4 members (excludes halogenated alkanes) is 2. The van der Waals surface area contributed by atoms with Crippen LogP contribution in [0.4, 0.5) is 0 Å². The molecule has 0 radical (unpaired) electrons. The number of nitrogens with zero attached hydrogens (tertiary/aromatic N) is 2. The number of hydrogen-bond donors (Lipinski definition) is 0. The fourth-order valence-corrected chi connectivity index (χ4v) is 5.05. The summed E-state index contributed by atoms with van der Waals surface area (Å²) in [7, 11) is 0. The van der Waals surface area contributed by atoms with Crippen LogP contribution >= 0.6 is 11.3 Å². The average molecular weight is 431 g/mol. The second-order valence-electron chi connectivity index (χ2n) is 8.62. The Morgan fingerprint density at radius 3 is 2.17 bits per heavy atom. The minimum Gasteiger partial charge on any atom is -0.494 e. The van der Waals surface area contributed by atoms with Crippen molar-refractivity contribution in [1.82, 2.24) is 10.2 Å². The van der Waals surface area contributed by atoms with Crippen LogP contribution in [0.1, 0.15) is 84.5 Å². The van der Waals surface area contributed by atoms with Gasteiger partial charge in [0.05, 0.1) is 13.2 Å². The maximum Gasteiger partial charge on any atom is 0.294 e. The molecule has 1 heterocycles. The summed E-state index contributed by atoms with van der Waals surface area (Å²) in [6, 6.07) is 8.05. The predicted molar refractivity (Wildman–Crippen MR) is 125 cm³/mol. The van der Waals surface area contributed by atoms with Crippen molar-refractivity contribution >= 4 is 11.3 Å². The van der Waals surface area contributed by atoms with Gasteiger partial charge in [0.2, 0.25) is 0 Å². The average Bonchev–Trinajstić information content (AvgIpc) is 3.26. The third-order valence-electron chi connectivity index (χ3n) is 6.15. The highest BCUT2D eigenvalue weighted by atomic mass is 32.1. The summed E-state index contributed by atoms with van der Waals surface area (Å²) in [5, 5.41) is 10.1. The van der Waals surface area contributed by atoms with E-state index in [4.69, 9.17) is 9.47 Å². The summed E-state index contributed by atoms with van der Waals surface area (Å²) >= 11 is 1.52. The Bertz CT molecular complexity index is 708. The normalized spacial score (nSPS) is 19.0. The van der Waals surface area contributed by atoms with Crippen LogP contribution in [-0.4, -0.2) is 23.4 Å². The van der Waals surface area contributed by atoms with E-state index in [1.54, 1.807) is 0 Å². The highest BCUT2D eigenvalue weighted by molar-refractivity contribution is 7.16. The lowest BCUT2D eigenvalue weighted by molar-refractivity contribution is 0.227. The molecule has 0 aliphatic heterocycles. The van der Waals surface area contributed by atoms with Crippen LogP contribution in [-0.2, 0) is 0 Å². The molecule has 2 aromatic rings. The second-order valence-corrected chi connectivity index (χ2v) is 9.56. The van der Waals surface area contributed by atoms with Gasteiger partial charge in [-0.2, -0.15) is 0 Å². The van der Waals surface area contributed by atoms with Crippen molar-refractivity contribution < 1.29 is 9.47 Å². The summed E-state index contributed by atoms with van der Waals surface area (Å²) in [6.45, 7) is 5.89. The minimum absolute atomic E-state index is 0.677. The van der Waals surface area contributed by atoms with Crippen molar-refractivity contribution in [3.05, 3.63) is 24.3 Å². The molecule has 166 valence electrons. The predicted octanol–water partition coefficient (Wildman–Crippen LogP) is 7.54. The molecule has 1 aliphatic carbocycles. The number of benzene rings is 1. The molecule has 4 nitrogen and oxygen atoms in total. The first-order valence-electron chi connectivity index (χ1n) is 12.0. The Labute approximate surface area is 186 Å². The summed E-state index contributed by atoms with van der Waals surface area (Å²) in [5.74, 6) is 2.79. The molecule has 0 saturated heterocycles. The van der Waals surface area contributed by atoms with Gasteiger partial charge in [-0.25, -0.2) is 0 Å². The Balaban J connectivity index is 1.32. The Morgan fingerprint density at radius 1 is 0.800 bits per heavy atom. The molecule has 0 spiro atoms. The first-order chi connectivity index (χ1) is 14.8. The van der Waals surface area contributed by atoms with E-state index in [2.05, 4.69) is 24.0 Å². The largest absolute Gasteiger partial charge is 0.494 e. The molecular weight excluding hydrogens is 392 g/mol. The fourth-order valence-electron chi connectivity index (χ4n) is 4.32. The van der Waals surface area contributed by atoms with Gasteiger partial charge in [-0.1, -0.05) is 81.6 Å². The lowest BCUT2D eigenvalue weighted by Gasteiger charge is -2.28. The molecule has 0 atom stereocenters. The van der Waals surface area contributed by atoms with Crippen LogP contribution in [0.25, 0.3) is 10.6 Å². The van der Waals surface area contributed by atoms with Gasteiger partial charge in [-0.15, -0.1) is 5.10 Å². The van der Waals surface area contributed by atoms with E-state index in [1.807, 2.05) is 24.3 Å². The van der Waals surface area contributed by atoms with Crippen LogP contribution in [0.5, 0.6) is 10.9 Å². The van der Waals surface area contributed by atoms with Gasteiger partial charge in [0.25, 0.3) is 5.19 Å².